The second-order valence-electron chi connectivity index (χ2n) is 4.25. The number of carboxylic acids is 1. The summed E-state index contributed by atoms with van der Waals surface area (Å²) >= 11 is 1.21. The average molecular weight is 256 g/mol. The first kappa shape index (κ1) is 14.0. The normalized spacial score (nSPS) is 12.8. The summed E-state index contributed by atoms with van der Waals surface area (Å²) in [5.74, 6) is -0.310. The van der Waals surface area contributed by atoms with E-state index in [4.69, 9.17) is 5.11 Å². The molecule has 1 aromatic rings. The van der Waals surface area contributed by atoms with Gasteiger partial charge in [-0.25, -0.2) is 9.78 Å². The van der Waals surface area contributed by atoms with E-state index in [2.05, 4.69) is 31.1 Å². The van der Waals surface area contributed by atoms with E-state index >= 15 is 0 Å². The molecule has 0 radical (unpaired) electrons. The zero-order valence-corrected chi connectivity index (χ0v) is 11.6. The third kappa shape index (κ3) is 3.43. The molecular formula is C12H20N2O2S. The highest BCUT2D eigenvalue weighted by Gasteiger charge is 2.18. The lowest BCUT2D eigenvalue weighted by Crippen LogP contribution is -2.24. The smallest absolute Gasteiger partial charge is 0.347 e. The van der Waals surface area contributed by atoms with Crippen LogP contribution in [0.15, 0.2) is 0 Å². The lowest BCUT2D eigenvalue weighted by atomic mass is 9.96. The van der Waals surface area contributed by atoms with Gasteiger partial charge in [0.25, 0.3) is 0 Å². The molecule has 96 valence electrons. The minimum atomic E-state index is -0.900. The highest BCUT2D eigenvalue weighted by Crippen LogP contribution is 2.25. The van der Waals surface area contributed by atoms with Crippen molar-refractivity contribution in [2.75, 3.05) is 5.32 Å². The molecule has 2 N–H and O–H groups in total. The molecule has 0 saturated carbocycles. The van der Waals surface area contributed by atoms with Crippen molar-refractivity contribution in [3.05, 3.63) is 10.6 Å². The molecule has 1 unspecified atom stereocenters. The van der Waals surface area contributed by atoms with Crippen molar-refractivity contribution < 1.29 is 9.90 Å². The number of hydrogen-bond acceptors (Lipinski definition) is 4. The van der Waals surface area contributed by atoms with Crippen molar-refractivity contribution in [3.63, 3.8) is 0 Å². The van der Waals surface area contributed by atoms with Crippen LogP contribution in [0.5, 0.6) is 0 Å². The molecule has 0 aromatic carbocycles. The molecule has 0 amide bonds. The fourth-order valence-corrected chi connectivity index (χ4v) is 2.87. The summed E-state index contributed by atoms with van der Waals surface area (Å²) in [4.78, 5) is 15.5. The van der Waals surface area contributed by atoms with Crippen molar-refractivity contribution in [1.82, 2.24) is 4.98 Å². The summed E-state index contributed by atoms with van der Waals surface area (Å²) in [5, 5.41) is 13.0. The number of thiazole rings is 1. The highest BCUT2D eigenvalue weighted by molar-refractivity contribution is 7.17. The molecule has 0 fully saturated rings. The predicted molar refractivity (Wildman–Crippen MR) is 71.0 cm³/mol. The standard InChI is InChI=1S/C12H20N2O2S/c1-5-9(6-2)7(3)13-12-14-8(4)10(17-12)11(15)16/h7,9H,5-6H2,1-4H3,(H,13,14)(H,15,16). The summed E-state index contributed by atoms with van der Waals surface area (Å²) in [7, 11) is 0. The first-order valence-corrected chi connectivity index (χ1v) is 6.78. The Morgan fingerprint density at radius 2 is 2.06 bits per heavy atom. The van der Waals surface area contributed by atoms with Gasteiger partial charge in [-0.05, 0) is 19.8 Å². The molecule has 0 aliphatic rings. The van der Waals surface area contributed by atoms with Crippen molar-refractivity contribution in [3.8, 4) is 0 Å². The fraction of sp³-hybridized carbons (Fsp3) is 0.667. The Hall–Kier alpha value is -1.10. The van der Waals surface area contributed by atoms with Crippen molar-refractivity contribution in [1.29, 1.82) is 0 Å². The summed E-state index contributed by atoms with van der Waals surface area (Å²) in [6, 6.07) is 0.317. The molecular weight excluding hydrogens is 236 g/mol. The number of anilines is 1. The van der Waals surface area contributed by atoms with Gasteiger partial charge in [-0.3, -0.25) is 0 Å². The van der Waals surface area contributed by atoms with Gasteiger partial charge in [0.05, 0.1) is 5.69 Å². The maximum atomic E-state index is 10.9. The van der Waals surface area contributed by atoms with Crippen LogP contribution in [0.1, 0.15) is 49.0 Å². The van der Waals surface area contributed by atoms with E-state index in [1.807, 2.05) is 0 Å². The third-order valence-electron chi connectivity index (χ3n) is 3.10. The maximum Gasteiger partial charge on any atom is 0.347 e. The van der Waals surface area contributed by atoms with Gasteiger partial charge in [0.2, 0.25) is 0 Å². The van der Waals surface area contributed by atoms with Gasteiger partial charge < -0.3 is 10.4 Å². The average Bonchev–Trinajstić information content (AvgIpc) is 2.61. The molecule has 0 aliphatic heterocycles. The number of nitrogens with zero attached hydrogens (tertiary/aromatic N) is 1. The summed E-state index contributed by atoms with van der Waals surface area (Å²) in [6.07, 6.45) is 2.22. The zero-order valence-electron chi connectivity index (χ0n) is 10.8. The predicted octanol–water partition coefficient (Wildman–Crippen LogP) is 3.39. The van der Waals surface area contributed by atoms with Crippen molar-refractivity contribution in [2.24, 2.45) is 5.92 Å². The fourth-order valence-electron chi connectivity index (χ4n) is 1.96. The number of carboxylic acid groups (broad SMARTS) is 1. The Bertz CT molecular complexity index is 386. The van der Waals surface area contributed by atoms with E-state index in [1.165, 1.54) is 11.3 Å². The summed E-state index contributed by atoms with van der Waals surface area (Å²) < 4.78 is 0. The number of aryl methyl sites for hydroxylation is 1. The molecule has 1 rings (SSSR count). The molecule has 17 heavy (non-hydrogen) atoms. The summed E-state index contributed by atoms with van der Waals surface area (Å²) in [6.45, 7) is 8.19. The van der Waals surface area contributed by atoms with Gasteiger partial charge in [-0.15, -0.1) is 0 Å². The van der Waals surface area contributed by atoms with Gasteiger partial charge in [0.1, 0.15) is 4.88 Å². The second-order valence-corrected chi connectivity index (χ2v) is 5.25. The quantitative estimate of drug-likeness (QED) is 0.819. The Morgan fingerprint density at radius 1 is 1.47 bits per heavy atom. The van der Waals surface area contributed by atoms with E-state index in [0.717, 1.165) is 12.8 Å². The Morgan fingerprint density at radius 3 is 2.47 bits per heavy atom. The van der Waals surface area contributed by atoms with Gasteiger partial charge >= 0.3 is 5.97 Å². The topological polar surface area (TPSA) is 62.2 Å². The molecule has 0 aliphatic carbocycles. The van der Waals surface area contributed by atoms with Crippen molar-refractivity contribution >= 4 is 22.4 Å². The van der Waals surface area contributed by atoms with Gasteiger partial charge in [-0.2, -0.15) is 0 Å². The molecule has 1 atom stereocenters. The molecule has 1 heterocycles. The van der Waals surface area contributed by atoms with Gasteiger partial charge in [-0.1, -0.05) is 38.0 Å². The SMILES string of the molecule is CCC(CC)C(C)Nc1nc(C)c(C(=O)O)s1. The second kappa shape index (κ2) is 6.00. The monoisotopic (exact) mass is 256 g/mol. The largest absolute Gasteiger partial charge is 0.477 e. The first-order valence-electron chi connectivity index (χ1n) is 5.96. The van der Waals surface area contributed by atoms with Crippen LogP contribution in [-0.2, 0) is 0 Å². The number of rotatable bonds is 6. The van der Waals surface area contributed by atoms with Crippen LogP contribution in [0.4, 0.5) is 5.13 Å². The zero-order chi connectivity index (χ0) is 13.0. The van der Waals surface area contributed by atoms with Gasteiger partial charge in [0.15, 0.2) is 5.13 Å². The van der Waals surface area contributed by atoms with E-state index < -0.39 is 5.97 Å². The van der Waals surface area contributed by atoms with Crippen LogP contribution in [0.3, 0.4) is 0 Å². The van der Waals surface area contributed by atoms with E-state index in [-0.39, 0.29) is 0 Å². The molecule has 0 spiro atoms. The molecule has 5 heteroatoms. The number of hydrogen-bond donors (Lipinski definition) is 2. The van der Waals surface area contributed by atoms with Crippen LogP contribution < -0.4 is 5.32 Å². The lowest BCUT2D eigenvalue weighted by Gasteiger charge is -2.21. The highest BCUT2D eigenvalue weighted by atomic mass is 32.1. The van der Waals surface area contributed by atoms with E-state index in [1.54, 1.807) is 6.92 Å². The van der Waals surface area contributed by atoms with Crippen LogP contribution in [0.25, 0.3) is 0 Å². The Labute approximate surface area is 106 Å². The van der Waals surface area contributed by atoms with E-state index in [9.17, 15) is 4.79 Å². The van der Waals surface area contributed by atoms with Crippen LogP contribution in [0, 0.1) is 12.8 Å². The number of carbonyl (C=O) groups is 1. The molecule has 0 bridgehead atoms. The lowest BCUT2D eigenvalue weighted by molar-refractivity contribution is 0.0701. The van der Waals surface area contributed by atoms with Crippen LogP contribution in [0.2, 0.25) is 0 Å². The number of nitrogens with one attached hydrogen (secondary N) is 1. The van der Waals surface area contributed by atoms with Gasteiger partial charge in [0, 0.05) is 6.04 Å². The maximum absolute atomic E-state index is 10.9. The minimum Gasteiger partial charge on any atom is -0.477 e. The minimum absolute atomic E-state index is 0.317. The number of aromatic nitrogens is 1. The molecule has 4 nitrogen and oxygen atoms in total. The van der Waals surface area contributed by atoms with Crippen molar-refractivity contribution in [2.45, 2.75) is 46.6 Å². The van der Waals surface area contributed by atoms with Crippen LogP contribution in [-0.4, -0.2) is 22.1 Å². The van der Waals surface area contributed by atoms with Crippen LogP contribution >= 0.6 is 11.3 Å². The third-order valence-corrected chi connectivity index (χ3v) is 4.17. The summed E-state index contributed by atoms with van der Waals surface area (Å²) in [5.41, 5.74) is 0.585. The number of aromatic carboxylic acids is 1. The Balaban J connectivity index is 2.75. The first-order chi connectivity index (χ1) is 7.99. The Kier molecular flexibility index (Phi) is 4.93. The molecule has 0 saturated heterocycles. The molecule has 1 aromatic heterocycles. The van der Waals surface area contributed by atoms with E-state index in [0.29, 0.717) is 27.7 Å².